The van der Waals surface area contributed by atoms with E-state index in [1.807, 2.05) is 24.3 Å². The maximum absolute atomic E-state index is 13.0. The van der Waals surface area contributed by atoms with E-state index in [1.165, 1.54) is 58.7 Å². The molecule has 0 radical (unpaired) electrons. The predicted molar refractivity (Wildman–Crippen MR) is 200 cm³/mol. The fourth-order valence-electron chi connectivity index (χ4n) is 8.17. The highest BCUT2D eigenvalue weighted by molar-refractivity contribution is 5.79. The molecule has 0 unspecified atom stereocenters. The fraction of sp³-hybridized carbons (Fsp3) is 0.318. The van der Waals surface area contributed by atoms with Gasteiger partial charge in [0.25, 0.3) is 11.8 Å². The van der Waals surface area contributed by atoms with E-state index in [-0.39, 0.29) is 34.1 Å². The molecule has 292 valence electrons. The SMILES string of the molecule is O=C(COc1ccccc1C(F)(F)F)N1CCC2(C=Cc3ccccc32)CC1.O=C(COc1ccccc1C(F)(F)F)N1CCC2(C=Cc3ccccc32)CC1. The second-order valence-electron chi connectivity index (χ2n) is 14.5. The zero-order valence-electron chi connectivity index (χ0n) is 30.4. The number of hydrogen-bond donors (Lipinski definition) is 0. The third kappa shape index (κ3) is 8.06. The van der Waals surface area contributed by atoms with Crippen LogP contribution in [-0.4, -0.2) is 61.0 Å². The highest BCUT2D eigenvalue weighted by atomic mass is 19.4. The van der Waals surface area contributed by atoms with Crippen LogP contribution in [0.3, 0.4) is 0 Å². The Bertz CT molecular complexity index is 1970. The zero-order valence-corrected chi connectivity index (χ0v) is 30.4. The van der Waals surface area contributed by atoms with Gasteiger partial charge in [-0.15, -0.1) is 0 Å². The number of halogens is 6. The Morgan fingerprint density at radius 3 is 1.23 bits per heavy atom. The normalized spacial score (nSPS) is 17.6. The molecule has 0 atom stereocenters. The van der Waals surface area contributed by atoms with Crippen molar-refractivity contribution >= 4 is 24.0 Å². The first-order chi connectivity index (χ1) is 26.8. The summed E-state index contributed by atoms with van der Waals surface area (Å²) >= 11 is 0. The van der Waals surface area contributed by atoms with E-state index >= 15 is 0 Å². The average Bonchev–Trinajstić information content (AvgIpc) is 3.74. The van der Waals surface area contributed by atoms with Crippen molar-refractivity contribution in [3.63, 3.8) is 0 Å². The van der Waals surface area contributed by atoms with Crippen LogP contribution in [-0.2, 0) is 32.8 Å². The van der Waals surface area contributed by atoms with Gasteiger partial charge in [-0.1, -0.05) is 97.1 Å². The summed E-state index contributed by atoms with van der Waals surface area (Å²) in [6.07, 6.45) is 2.85. The van der Waals surface area contributed by atoms with Gasteiger partial charge in [0.15, 0.2) is 13.2 Å². The first-order valence-electron chi connectivity index (χ1n) is 18.5. The number of rotatable bonds is 6. The molecule has 56 heavy (non-hydrogen) atoms. The van der Waals surface area contributed by atoms with E-state index < -0.39 is 36.7 Å². The summed E-state index contributed by atoms with van der Waals surface area (Å²) in [5.74, 6) is -1.21. The monoisotopic (exact) mass is 774 g/mol. The van der Waals surface area contributed by atoms with Crippen LogP contribution in [0.1, 0.15) is 59.1 Å². The Hall–Kier alpha value is -5.52. The molecule has 0 saturated carbocycles. The van der Waals surface area contributed by atoms with Gasteiger partial charge in [0, 0.05) is 37.0 Å². The number of piperidine rings is 2. The van der Waals surface area contributed by atoms with Crippen LogP contribution in [0.25, 0.3) is 12.2 Å². The second kappa shape index (κ2) is 15.5. The Labute approximate surface area is 321 Å². The van der Waals surface area contributed by atoms with E-state index in [0.717, 1.165) is 37.8 Å². The molecule has 2 aliphatic carbocycles. The number of alkyl halides is 6. The molecule has 4 aliphatic rings. The number of hydrogen-bond acceptors (Lipinski definition) is 4. The highest BCUT2D eigenvalue weighted by Crippen LogP contribution is 2.45. The molecule has 2 aliphatic heterocycles. The average molecular weight is 775 g/mol. The summed E-state index contributed by atoms with van der Waals surface area (Å²) in [5, 5.41) is 0. The van der Waals surface area contributed by atoms with Crippen molar-refractivity contribution in [1.82, 2.24) is 9.80 Å². The van der Waals surface area contributed by atoms with Crippen LogP contribution >= 0.6 is 0 Å². The molecular formula is C44H40F6N2O4. The maximum atomic E-state index is 13.0. The molecule has 12 heteroatoms. The Kier molecular flexibility index (Phi) is 10.8. The number of carbonyl (C=O) groups is 2. The molecule has 8 rings (SSSR count). The summed E-state index contributed by atoms with van der Waals surface area (Å²) in [7, 11) is 0. The number of benzene rings is 4. The molecule has 2 heterocycles. The number of nitrogens with zero attached hydrogens (tertiary/aromatic N) is 2. The lowest BCUT2D eigenvalue weighted by molar-refractivity contribution is -0.141. The molecule has 0 N–H and O–H groups in total. The molecule has 2 saturated heterocycles. The topological polar surface area (TPSA) is 59.1 Å². The number of ether oxygens (including phenoxy) is 2. The summed E-state index contributed by atoms with van der Waals surface area (Å²) < 4.78 is 88.7. The third-order valence-corrected chi connectivity index (χ3v) is 11.3. The molecule has 4 aromatic rings. The van der Waals surface area contributed by atoms with Crippen LogP contribution in [0.4, 0.5) is 26.3 Å². The largest absolute Gasteiger partial charge is 0.483 e. The summed E-state index contributed by atoms with van der Waals surface area (Å²) in [5.41, 5.74) is 3.19. The van der Waals surface area contributed by atoms with Crippen molar-refractivity contribution in [2.75, 3.05) is 39.4 Å². The first kappa shape index (κ1) is 38.7. The molecular weight excluding hydrogens is 734 g/mol. The number of likely N-dealkylation sites (tertiary alicyclic amines) is 2. The quantitative estimate of drug-likeness (QED) is 0.183. The van der Waals surface area contributed by atoms with Gasteiger partial charge in [0.05, 0.1) is 11.1 Å². The minimum absolute atomic E-state index is 0.0445. The highest BCUT2D eigenvalue weighted by Gasteiger charge is 2.41. The van der Waals surface area contributed by atoms with Gasteiger partial charge in [-0.25, -0.2) is 0 Å². The van der Waals surface area contributed by atoms with Crippen molar-refractivity contribution in [3.8, 4) is 11.5 Å². The molecule has 6 nitrogen and oxygen atoms in total. The van der Waals surface area contributed by atoms with Crippen LogP contribution < -0.4 is 9.47 Å². The molecule has 2 spiro atoms. The smallest absolute Gasteiger partial charge is 0.419 e. The lowest BCUT2D eigenvalue weighted by atomic mass is 9.74. The minimum Gasteiger partial charge on any atom is -0.483 e. The van der Waals surface area contributed by atoms with Crippen molar-refractivity contribution in [2.45, 2.75) is 48.9 Å². The Morgan fingerprint density at radius 1 is 0.518 bits per heavy atom. The van der Waals surface area contributed by atoms with E-state index in [9.17, 15) is 35.9 Å². The van der Waals surface area contributed by atoms with Gasteiger partial charge in [0.2, 0.25) is 0 Å². The van der Waals surface area contributed by atoms with Crippen molar-refractivity contribution in [1.29, 1.82) is 0 Å². The van der Waals surface area contributed by atoms with Gasteiger partial charge in [0.1, 0.15) is 11.5 Å². The third-order valence-electron chi connectivity index (χ3n) is 11.3. The molecule has 0 aromatic heterocycles. The van der Waals surface area contributed by atoms with Crippen molar-refractivity contribution in [3.05, 3.63) is 143 Å². The van der Waals surface area contributed by atoms with E-state index in [1.54, 1.807) is 9.80 Å². The number of allylic oxidation sites excluding steroid dienone is 2. The second-order valence-corrected chi connectivity index (χ2v) is 14.5. The van der Waals surface area contributed by atoms with Gasteiger partial charge < -0.3 is 19.3 Å². The first-order valence-corrected chi connectivity index (χ1v) is 18.5. The summed E-state index contributed by atoms with van der Waals surface area (Å²) in [4.78, 5) is 28.3. The van der Waals surface area contributed by atoms with Gasteiger partial charge in [-0.2, -0.15) is 26.3 Å². The summed E-state index contributed by atoms with van der Waals surface area (Å²) in [6.45, 7) is 1.44. The van der Waals surface area contributed by atoms with Gasteiger partial charge in [-0.3, -0.25) is 9.59 Å². The lowest BCUT2D eigenvalue weighted by Crippen LogP contribution is -2.45. The zero-order chi connectivity index (χ0) is 39.6. The van der Waals surface area contributed by atoms with Gasteiger partial charge in [-0.05, 0) is 72.2 Å². The minimum atomic E-state index is -4.51. The number of carbonyl (C=O) groups excluding carboxylic acids is 2. The predicted octanol–water partition coefficient (Wildman–Crippen LogP) is 9.34. The molecule has 0 bridgehead atoms. The van der Waals surface area contributed by atoms with Gasteiger partial charge >= 0.3 is 12.4 Å². The number of fused-ring (bicyclic) bond motifs is 4. The summed E-state index contributed by atoms with van der Waals surface area (Å²) in [6, 6.07) is 26.4. The standard InChI is InChI=1S/2C22H20F3NO2/c2*23-22(24,25)18-7-3-4-8-19(18)28-15-20(27)26-13-11-21(12-14-26)10-9-16-5-1-2-6-17(16)21/h2*1-10H,11-15H2. The fourth-order valence-corrected chi connectivity index (χ4v) is 8.17. The maximum Gasteiger partial charge on any atom is 0.419 e. The van der Waals surface area contributed by atoms with Crippen molar-refractivity contribution in [2.24, 2.45) is 0 Å². The Morgan fingerprint density at radius 2 is 0.857 bits per heavy atom. The van der Waals surface area contributed by atoms with E-state index in [0.29, 0.717) is 26.2 Å². The van der Waals surface area contributed by atoms with Crippen molar-refractivity contribution < 1.29 is 45.4 Å². The molecule has 4 aromatic carbocycles. The van der Waals surface area contributed by atoms with Crippen LogP contribution in [0.2, 0.25) is 0 Å². The number of amides is 2. The lowest BCUT2D eigenvalue weighted by Gasteiger charge is -2.39. The van der Waals surface area contributed by atoms with E-state index in [4.69, 9.17) is 9.47 Å². The molecule has 2 amide bonds. The van der Waals surface area contributed by atoms with Crippen LogP contribution in [0, 0.1) is 0 Å². The molecule has 2 fully saturated rings. The Balaban J connectivity index is 0.000000172. The number of para-hydroxylation sites is 2. The van der Waals surface area contributed by atoms with Crippen LogP contribution in [0.5, 0.6) is 11.5 Å². The van der Waals surface area contributed by atoms with E-state index in [2.05, 4.69) is 48.6 Å². The van der Waals surface area contributed by atoms with Crippen LogP contribution in [0.15, 0.2) is 109 Å².